The molecule has 1 aromatic heterocycles. The molecule has 0 bridgehead atoms. The van der Waals surface area contributed by atoms with Crippen molar-refractivity contribution >= 4 is 0 Å². The smallest absolute Gasteiger partial charge is 0.115 e. The van der Waals surface area contributed by atoms with Gasteiger partial charge in [-0.15, -0.1) is 0 Å². The van der Waals surface area contributed by atoms with E-state index in [1.54, 1.807) is 12.5 Å². The molecule has 1 N–H and O–H groups in total. The van der Waals surface area contributed by atoms with Crippen LogP contribution in [0.3, 0.4) is 0 Å². The van der Waals surface area contributed by atoms with Gasteiger partial charge in [0, 0.05) is 25.3 Å². The molecular formula is C11H17N3O. The second-order valence-corrected chi connectivity index (χ2v) is 3.89. The van der Waals surface area contributed by atoms with Gasteiger partial charge < -0.3 is 10.1 Å². The van der Waals surface area contributed by atoms with Crippen molar-refractivity contribution in [3.63, 3.8) is 0 Å². The Morgan fingerprint density at radius 2 is 2.53 bits per heavy atom. The van der Waals surface area contributed by atoms with Crippen LogP contribution in [0.2, 0.25) is 0 Å². The van der Waals surface area contributed by atoms with Crippen molar-refractivity contribution in [1.29, 1.82) is 0 Å². The number of aromatic nitrogens is 2. The van der Waals surface area contributed by atoms with Crippen LogP contribution in [-0.4, -0.2) is 30.2 Å². The van der Waals surface area contributed by atoms with Crippen molar-refractivity contribution in [3.05, 3.63) is 24.3 Å². The normalized spacial score (nSPS) is 26.5. The van der Waals surface area contributed by atoms with E-state index in [0.717, 1.165) is 25.3 Å². The molecule has 0 amide bonds. The van der Waals surface area contributed by atoms with Crippen LogP contribution in [0.25, 0.3) is 0 Å². The van der Waals surface area contributed by atoms with E-state index in [0.29, 0.717) is 5.92 Å². The van der Waals surface area contributed by atoms with Crippen molar-refractivity contribution in [2.45, 2.75) is 18.9 Å². The van der Waals surface area contributed by atoms with E-state index in [4.69, 9.17) is 4.74 Å². The molecule has 0 aromatic carbocycles. The van der Waals surface area contributed by atoms with E-state index in [1.165, 1.54) is 6.42 Å². The lowest BCUT2D eigenvalue weighted by Gasteiger charge is -2.31. The molecule has 1 aliphatic heterocycles. The first kappa shape index (κ1) is 10.5. The van der Waals surface area contributed by atoms with Crippen LogP contribution >= 0.6 is 0 Å². The zero-order valence-corrected chi connectivity index (χ0v) is 9.02. The average Bonchev–Trinajstić information content (AvgIpc) is 2.31. The van der Waals surface area contributed by atoms with Crippen LogP contribution in [0, 0.1) is 5.92 Å². The number of ether oxygens (including phenoxy) is 1. The van der Waals surface area contributed by atoms with E-state index in [-0.39, 0.29) is 6.10 Å². The van der Waals surface area contributed by atoms with Gasteiger partial charge in [-0.2, -0.15) is 0 Å². The summed E-state index contributed by atoms with van der Waals surface area (Å²) in [5.74, 6) is 0.527. The molecule has 2 atom stereocenters. The predicted molar refractivity (Wildman–Crippen MR) is 57.4 cm³/mol. The molecule has 2 rings (SSSR count). The van der Waals surface area contributed by atoms with Gasteiger partial charge in [-0.25, -0.2) is 9.97 Å². The van der Waals surface area contributed by atoms with Crippen molar-refractivity contribution < 1.29 is 4.74 Å². The molecule has 2 heterocycles. The molecule has 1 fully saturated rings. The highest BCUT2D eigenvalue weighted by atomic mass is 16.5. The van der Waals surface area contributed by atoms with E-state index in [1.807, 2.05) is 13.1 Å². The van der Waals surface area contributed by atoms with Crippen molar-refractivity contribution in [1.82, 2.24) is 15.3 Å². The first-order chi connectivity index (χ1) is 7.42. The summed E-state index contributed by atoms with van der Waals surface area (Å²) in [4.78, 5) is 8.20. The third-order valence-electron chi connectivity index (χ3n) is 2.81. The van der Waals surface area contributed by atoms with Crippen LogP contribution < -0.4 is 5.32 Å². The van der Waals surface area contributed by atoms with E-state index in [9.17, 15) is 0 Å². The fraction of sp³-hybridized carbons (Fsp3) is 0.636. The van der Waals surface area contributed by atoms with Crippen LogP contribution in [0.15, 0.2) is 18.6 Å². The summed E-state index contributed by atoms with van der Waals surface area (Å²) in [7, 11) is 1.98. The van der Waals surface area contributed by atoms with Gasteiger partial charge in [-0.3, -0.25) is 0 Å². The van der Waals surface area contributed by atoms with Gasteiger partial charge in [-0.05, 0) is 26.0 Å². The largest absolute Gasteiger partial charge is 0.372 e. The molecule has 0 spiro atoms. The first-order valence-corrected chi connectivity index (χ1v) is 5.44. The Labute approximate surface area is 90.1 Å². The third kappa shape index (κ3) is 2.52. The minimum Gasteiger partial charge on any atom is -0.372 e. The van der Waals surface area contributed by atoms with Crippen molar-refractivity contribution in [3.8, 4) is 0 Å². The van der Waals surface area contributed by atoms with Gasteiger partial charge in [0.05, 0.1) is 5.69 Å². The highest BCUT2D eigenvalue weighted by molar-refractivity contribution is 5.05. The Balaban J connectivity index is 2.11. The summed E-state index contributed by atoms with van der Waals surface area (Å²) < 4.78 is 5.80. The van der Waals surface area contributed by atoms with E-state index < -0.39 is 0 Å². The Morgan fingerprint density at radius 3 is 3.27 bits per heavy atom. The molecule has 0 saturated carbocycles. The van der Waals surface area contributed by atoms with E-state index in [2.05, 4.69) is 15.3 Å². The fourth-order valence-electron chi connectivity index (χ4n) is 2.11. The summed E-state index contributed by atoms with van der Waals surface area (Å²) in [6.07, 6.45) is 5.85. The molecular weight excluding hydrogens is 190 g/mol. The minimum atomic E-state index is 0.134. The van der Waals surface area contributed by atoms with Gasteiger partial charge in [0.1, 0.15) is 12.4 Å². The Kier molecular flexibility index (Phi) is 3.64. The Morgan fingerprint density at radius 1 is 1.60 bits per heavy atom. The quantitative estimate of drug-likeness (QED) is 0.808. The van der Waals surface area contributed by atoms with Crippen LogP contribution in [-0.2, 0) is 4.74 Å². The highest BCUT2D eigenvalue weighted by Crippen LogP contribution is 2.31. The number of nitrogens with zero attached hydrogens (tertiary/aromatic N) is 2. The summed E-state index contributed by atoms with van der Waals surface area (Å²) in [6.45, 7) is 1.82. The topological polar surface area (TPSA) is 47.0 Å². The maximum atomic E-state index is 5.80. The lowest BCUT2D eigenvalue weighted by atomic mass is 9.92. The summed E-state index contributed by atoms with van der Waals surface area (Å²) in [6, 6.07) is 1.94. The standard InChI is InChI=1S/C11H17N3O/c1-12-7-9-3-2-6-15-11(9)10-4-5-13-8-14-10/h4-5,8-9,11-12H,2-3,6-7H2,1H3. The number of rotatable bonds is 3. The predicted octanol–water partition coefficient (Wildman–Crippen LogP) is 1.16. The van der Waals surface area contributed by atoms with Gasteiger partial charge in [0.25, 0.3) is 0 Å². The molecule has 1 aliphatic rings. The molecule has 4 nitrogen and oxygen atoms in total. The maximum Gasteiger partial charge on any atom is 0.115 e. The molecule has 0 radical (unpaired) electrons. The zero-order valence-electron chi connectivity index (χ0n) is 9.02. The van der Waals surface area contributed by atoms with Crippen molar-refractivity contribution in [2.24, 2.45) is 5.92 Å². The van der Waals surface area contributed by atoms with Gasteiger partial charge >= 0.3 is 0 Å². The van der Waals surface area contributed by atoms with Crippen LogP contribution in [0.1, 0.15) is 24.6 Å². The lowest BCUT2D eigenvalue weighted by molar-refractivity contribution is -0.0298. The minimum absolute atomic E-state index is 0.134. The lowest BCUT2D eigenvalue weighted by Crippen LogP contribution is -2.30. The number of nitrogens with one attached hydrogen (secondary N) is 1. The van der Waals surface area contributed by atoms with Gasteiger partial charge in [0.15, 0.2) is 0 Å². The summed E-state index contributed by atoms with van der Waals surface area (Å²) in [5, 5.41) is 3.21. The van der Waals surface area contributed by atoms with Gasteiger partial charge in [0.2, 0.25) is 0 Å². The molecule has 0 aliphatic carbocycles. The molecule has 82 valence electrons. The molecule has 4 heteroatoms. The first-order valence-electron chi connectivity index (χ1n) is 5.44. The molecule has 1 saturated heterocycles. The fourth-order valence-corrected chi connectivity index (χ4v) is 2.11. The average molecular weight is 207 g/mol. The Hall–Kier alpha value is -1.00. The highest BCUT2D eigenvalue weighted by Gasteiger charge is 2.27. The SMILES string of the molecule is CNCC1CCCOC1c1ccncn1. The van der Waals surface area contributed by atoms with Crippen LogP contribution in [0.5, 0.6) is 0 Å². The van der Waals surface area contributed by atoms with Gasteiger partial charge in [-0.1, -0.05) is 0 Å². The second-order valence-electron chi connectivity index (χ2n) is 3.89. The zero-order chi connectivity index (χ0) is 10.5. The molecule has 1 aromatic rings. The van der Waals surface area contributed by atoms with Crippen LogP contribution in [0.4, 0.5) is 0 Å². The summed E-state index contributed by atoms with van der Waals surface area (Å²) in [5.41, 5.74) is 1.00. The van der Waals surface area contributed by atoms with E-state index >= 15 is 0 Å². The Bertz CT molecular complexity index is 289. The molecule has 2 unspecified atom stereocenters. The summed E-state index contributed by atoms with van der Waals surface area (Å²) >= 11 is 0. The molecule has 15 heavy (non-hydrogen) atoms. The monoisotopic (exact) mass is 207 g/mol. The maximum absolute atomic E-state index is 5.80. The number of hydrogen-bond acceptors (Lipinski definition) is 4. The third-order valence-corrected chi connectivity index (χ3v) is 2.81. The second kappa shape index (κ2) is 5.19. The van der Waals surface area contributed by atoms with Crippen molar-refractivity contribution in [2.75, 3.05) is 20.2 Å². The number of hydrogen-bond donors (Lipinski definition) is 1.